The molecule has 0 saturated carbocycles. The summed E-state index contributed by atoms with van der Waals surface area (Å²) in [7, 11) is 0. The van der Waals surface area contributed by atoms with Gasteiger partial charge < -0.3 is 4.52 Å². The SMILES string of the molecule is CSC(C)(C)c1noc(CC#N)n1. The van der Waals surface area contributed by atoms with Crippen molar-refractivity contribution in [3.05, 3.63) is 11.7 Å². The van der Waals surface area contributed by atoms with Gasteiger partial charge in [-0.25, -0.2) is 0 Å². The van der Waals surface area contributed by atoms with Gasteiger partial charge in [-0.2, -0.15) is 22.0 Å². The van der Waals surface area contributed by atoms with Crippen LogP contribution >= 0.6 is 11.8 Å². The quantitative estimate of drug-likeness (QED) is 0.738. The summed E-state index contributed by atoms with van der Waals surface area (Å²) in [5.41, 5.74) is 0. The van der Waals surface area contributed by atoms with Gasteiger partial charge in [-0.3, -0.25) is 0 Å². The lowest BCUT2D eigenvalue weighted by atomic mass is 10.2. The molecule has 0 spiro atoms. The first-order chi connectivity index (χ1) is 6.10. The first kappa shape index (κ1) is 10.1. The van der Waals surface area contributed by atoms with Crippen molar-refractivity contribution < 1.29 is 4.52 Å². The second kappa shape index (κ2) is 3.79. The van der Waals surface area contributed by atoms with Crippen molar-refractivity contribution in [1.29, 1.82) is 5.26 Å². The van der Waals surface area contributed by atoms with Gasteiger partial charge in [0.15, 0.2) is 5.82 Å². The van der Waals surface area contributed by atoms with Crippen LogP contribution in [-0.2, 0) is 11.2 Å². The molecule has 1 heterocycles. The van der Waals surface area contributed by atoms with E-state index in [1.54, 1.807) is 11.8 Å². The number of hydrogen-bond acceptors (Lipinski definition) is 5. The summed E-state index contributed by atoms with van der Waals surface area (Å²) in [6.07, 6.45) is 2.16. The van der Waals surface area contributed by atoms with Gasteiger partial charge in [0.25, 0.3) is 0 Å². The third-order valence-electron chi connectivity index (χ3n) is 1.75. The minimum atomic E-state index is -0.156. The lowest BCUT2D eigenvalue weighted by molar-refractivity contribution is 0.377. The smallest absolute Gasteiger partial charge is 0.240 e. The summed E-state index contributed by atoms with van der Waals surface area (Å²) in [6.45, 7) is 4.03. The molecule has 0 fully saturated rings. The first-order valence-corrected chi connectivity index (χ1v) is 5.08. The minimum Gasteiger partial charge on any atom is -0.338 e. The number of aromatic nitrogens is 2. The van der Waals surface area contributed by atoms with Crippen LogP contribution in [-0.4, -0.2) is 16.4 Å². The van der Waals surface area contributed by atoms with Crippen molar-refractivity contribution in [2.45, 2.75) is 25.0 Å². The maximum Gasteiger partial charge on any atom is 0.240 e. The summed E-state index contributed by atoms with van der Waals surface area (Å²) in [5.74, 6) is 1.03. The van der Waals surface area contributed by atoms with E-state index in [0.29, 0.717) is 11.7 Å². The van der Waals surface area contributed by atoms with Gasteiger partial charge in [-0.1, -0.05) is 5.16 Å². The van der Waals surface area contributed by atoms with Crippen molar-refractivity contribution >= 4 is 11.8 Å². The minimum absolute atomic E-state index is 0.156. The Hall–Kier alpha value is -1.02. The molecule has 1 rings (SSSR count). The lowest BCUT2D eigenvalue weighted by Gasteiger charge is -2.15. The number of nitriles is 1. The van der Waals surface area contributed by atoms with Crippen LogP contribution in [0.4, 0.5) is 0 Å². The second-order valence-corrected chi connectivity index (χ2v) is 4.49. The van der Waals surface area contributed by atoms with Crippen LogP contribution in [0, 0.1) is 11.3 Å². The highest BCUT2D eigenvalue weighted by Gasteiger charge is 2.25. The lowest BCUT2D eigenvalue weighted by Crippen LogP contribution is -2.13. The van der Waals surface area contributed by atoms with Crippen molar-refractivity contribution in [2.75, 3.05) is 6.26 Å². The fourth-order valence-electron chi connectivity index (χ4n) is 0.730. The number of nitrogens with zero attached hydrogens (tertiary/aromatic N) is 3. The fourth-order valence-corrected chi connectivity index (χ4v) is 0.996. The Bertz CT molecular complexity index is 326. The molecule has 0 aromatic carbocycles. The zero-order valence-electron chi connectivity index (χ0n) is 7.87. The van der Waals surface area contributed by atoms with Crippen molar-refractivity contribution in [3.8, 4) is 6.07 Å². The third kappa shape index (κ3) is 2.22. The molecular weight excluding hydrogens is 186 g/mol. The van der Waals surface area contributed by atoms with Crippen LogP contribution in [0.25, 0.3) is 0 Å². The van der Waals surface area contributed by atoms with Crippen LogP contribution in [0.15, 0.2) is 4.52 Å². The topological polar surface area (TPSA) is 62.7 Å². The van der Waals surface area contributed by atoms with Crippen molar-refractivity contribution in [1.82, 2.24) is 10.1 Å². The summed E-state index contributed by atoms with van der Waals surface area (Å²) >= 11 is 1.64. The van der Waals surface area contributed by atoms with Gasteiger partial charge in [0.05, 0.1) is 10.8 Å². The van der Waals surface area contributed by atoms with Crippen molar-refractivity contribution in [2.24, 2.45) is 0 Å². The summed E-state index contributed by atoms with van der Waals surface area (Å²) in [4.78, 5) is 4.12. The molecule has 70 valence electrons. The molecule has 13 heavy (non-hydrogen) atoms. The molecule has 0 radical (unpaired) electrons. The van der Waals surface area contributed by atoms with Gasteiger partial charge in [-0.15, -0.1) is 0 Å². The van der Waals surface area contributed by atoms with E-state index in [0.717, 1.165) is 0 Å². The maximum absolute atomic E-state index is 8.41. The molecule has 0 saturated heterocycles. The molecule has 0 aliphatic heterocycles. The number of hydrogen-bond donors (Lipinski definition) is 0. The molecule has 4 nitrogen and oxygen atoms in total. The predicted octanol–water partition coefficient (Wildman–Crippen LogP) is 1.73. The van der Waals surface area contributed by atoms with Gasteiger partial charge in [0, 0.05) is 0 Å². The van der Waals surface area contributed by atoms with E-state index in [4.69, 9.17) is 9.78 Å². The zero-order valence-corrected chi connectivity index (χ0v) is 8.68. The van der Waals surface area contributed by atoms with Crippen LogP contribution in [0.1, 0.15) is 25.6 Å². The van der Waals surface area contributed by atoms with E-state index < -0.39 is 0 Å². The van der Waals surface area contributed by atoms with Gasteiger partial charge in [-0.05, 0) is 20.1 Å². The largest absolute Gasteiger partial charge is 0.338 e. The van der Waals surface area contributed by atoms with Crippen molar-refractivity contribution in [3.63, 3.8) is 0 Å². The molecule has 1 aromatic rings. The Kier molecular flexibility index (Phi) is 2.94. The average Bonchev–Trinajstić information content (AvgIpc) is 2.54. The number of thioether (sulfide) groups is 1. The first-order valence-electron chi connectivity index (χ1n) is 3.85. The van der Waals surface area contributed by atoms with E-state index in [-0.39, 0.29) is 11.2 Å². The molecule has 0 aliphatic carbocycles. The average molecular weight is 197 g/mol. The molecule has 1 aromatic heterocycles. The Labute approximate surface area is 81.3 Å². The Morgan fingerprint density at radius 1 is 1.62 bits per heavy atom. The highest BCUT2D eigenvalue weighted by molar-refractivity contribution is 7.99. The summed E-state index contributed by atoms with van der Waals surface area (Å²) in [5, 5.41) is 12.2. The number of rotatable bonds is 3. The monoisotopic (exact) mass is 197 g/mol. The standard InChI is InChI=1S/C8H11N3OS/c1-8(2,13-3)7-10-6(4-5-9)12-11-7/h4H2,1-3H3. The van der Waals surface area contributed by atoms with E-state index in [1.165, 1.54) is 0 Å². The zero-order chi connectivity index (χ0) is 9.90. The van der Waals surface area contributed by atoms with Crippen LogP contribution in [0.3, 0.4) is 0 Å². The maximum atomic E-state index is 8.41. The van der Waals surface area contributed by atoms with E-state index >= 15 is 0 Å². The van der Waals surface area contributed by atoms with Gasteiger partial charge in [0.2, 0.25) is 5.89 Å². The molecule has 0 bridgehead atoms. The van der Waals surface area contributed by atoms with E-state index in [9.17, 15) is 0 Å². The van der Waals surface area contributed by atoms with Crippen LogP contribution in [0.5, 0.6) is 0 Å². The molecular formula is C8H11N3OS. The Morgan fingerprint density at radius 3 is 2.85 bits per heavy atom. The molecule has 0 unspecified atom stereocenters. The molecule has 0 atom stereocenters. The van der Waals surface area contributed by atoms with E-state index in [2.05, 4.69) is 10.1 Å². The van der Waals surface area contributed by atoms with Gasteiger partial charge >= 0.3 is 0 Å². The van der Waals surface area contributed by atoms with E-state index in [1.807, 2.05) is 26.2 Å². The highest BCUT2D eigenvalue weighted by atomic mass is 32.2. The van der Waals surface area contributed by atoms with Crippen LogP contribution < -0.4 is 0 Å². The second-order valence-electron chi connectivity index (χ2n) is 3.06. The predicted molar refractivity (Wildman–Crippen MR) is 50.2 cm³/mol. The summed E-state index contributed by atoms with van der Waals surface area (Å²) in [6, 6.07) is 1.96. The Balaban J connectivity index is 2.86. The molecule has 0 amide bonds. The highest BCUT2D eigenvalue weighted by Crippen LogP contribution is 2.30. The normalized spacial score (nSPS) is 11.2. The summed E-state index contributed by atoms with van der Waals surface area (Å²) < 4.78 is 4.74. The van der Waals surface area contributed by atoms with Crippen LogP contribution in [0.2, 0.25) is 0 Å². The fraction of sp³-hybridized carbons (Fsp3) is 0.625. The molecule has 0 aliphatic rings. The molecule has 0 N–H and O–H groups in total. The molecule has 5 heteroatoms. The third-order valence-corrected chi connectivity index (χ3v) is 2.95. The van der Waals surface area contributed by atoms with Gasteiger partial charge in [0.1, 0.15) is 6.42 Å². The Morgan fingerprint density at radius 2 is 2.31 bits per heavy atom.